The molecule has 0 atom stereocenters. The molecule has 0 aliphatic carbocycles. The molecule has 0 amide bonds. The number of hydrogen-bond donors (Lipinski definition) is 1. The van der Waals surface area contributed by atoms with Gasteiger partial charge < -0.3 is 19.3 Å². The number of carboxylic acid groups (broad SMARTS) is 1. The van der Waals surface area contributed by atoms with E-state index in [-0.39, 0.29) is 6.42 Å². The topological polar surface area (TPSA) is 54.7 Å². The highest BCUT2D eigenvalue weighted by atomic mass is 16.5. The first-order chi connectivity index (χ1) is 10.6. The van der Waals surface area contributed by atoms with E-state index in [0.717, 1.165) is 37.6 Å². The molecule has 2 heterocycles. The van der Waals surface area contributed by atoms with Crippen LogP contribution in [0.15, 0.2) is 18.2 Å². The van der Waals surface area contributed by atoms with Gasteiger partial charge in [0.2, 0.25) is 0 Å². The van der Waals surface area contributed by atoms with E-state index in [4.69, 9.17) is 9.84 Å². The van der Waals surface area contributed by atoms with Gasteiger partial charge in [-0.05, 0) is 31.0 Å². The van der Waals surface area contributed by atoms with Crippen molar-refractivity contribution in [1.82, 2.24) is 4.57 Å². The summed E-state index contributed by atoms with van der Waals surface area (Å²) in [5.41, 5.74) is 4.67. The van der Waals surface area contributed by atoms with E-state index in [1.807, 2.05) is 7.05 Å². The fourth-order valence-electron chi connectivity index (χ4n) is 3.29. The summed E-state index contributed by atoms with van der Waals surface area (Å²) in [6.07, 6.45) is 0.733. The van der Waals surface area contributed by atoms with E-state index >= 15 is 0 Å². The number of fused-ring (bicyclic) bond motifs is 1. The number of rotatable bonds is 4. The minimum Gasteiger partial charge on any atom is -0.481 e. The van der Waals surface area contributed by atoms with Crippen LogP contribution in [0.25, 0.3) is 10.9 Å². The van der Waals surface area contributed by atoms with Crippen molar-refractivity contribution in [3.63, 3.8) is 0 Å². The zero-order valence-corrected chi connectivity index (χ0v) is 13.1. The Morgan fingerprint density at radius 1 is 1.32 bits per heavy atom. The molecule has 0 saturated carbocycles. The lowest BCUT2D eigenvalue weighted by atomic mass is 10.0. The Bertz CT molecular complexity index is 699. The quantitative estimate of drug-likeness (QED) is 0.942. The molecular formula is C17H22N2O3. The van der Waals surface area contributed by atoms with Gasteiger partial charge in [-0.3, -0.25) is 4.79 Å². The Hall–Kier alpha value is -2.01. The Morgan fingerprint density at radius 3 is 2.73 bits per heavy atom. The fraction of sp³-hybridized carbons (Fsp3) is 0.471. The van der Waals surface area contributed by atoms with Gasteiger partial charge in [0, 0.05) is 43.3 Å². The van der Waals surface area contributed by atoms with Crippen molar-refractivity contribution in [1.29, 1.82) is 0 Å². The predicted octanol–water partition coefficient (Wildman–Crippen LogP) is 2.34. The van der Waals surface area contributed by atoms with Crippen molar-refractivity contribution in [2.45, 2.75) is 19.8 Å². The van der Waals surface area contributed by atoms with Gasteiger partial charge in [0.05, 0.1) is 18.7 Å². The third-order valence-electron chi connectivity index (χ3n) is 4.56. The van der Waals surface area contributed by atoms with Gasteiger partial charge in [0.25, 0.3) is 0 Å². The van der Waals surface area contributed by atoms with Crippen molar-refractivity contribution >= 4 is 22.6 Å². The summed E-state index contributed by atoms with van der Waals surface area (Å²) in [5, 5.41) is 10.2. The number of aryl methyl sites for hydroxylation is 2. The van der Waals surface area contributed by atoms with Crippen LogP contribution in [0, 0.1) is 6.92 Å². The molecule has 2 aromatic rings. The van der Waals surface area contributed by atoms with Crippen LogP contribution in [-0.4, -0.2) is 41.9 Å². The molecule has 0 radical (unpaired) electrons. The Morgan fingerprint density at radius 2 is 2.05 bits per heavy atom. The van der Waals surface area contributed by atoms with Gasteiger partial charge in [-0.15, -0.1) is 0 Å². The first-order valence-corrected chi connectivity index (χ1v) is 7.71. The van der Waals surface area contributed by atoms with E-state index in [2.05, 4.69) is 34.6 Å². The van der Waals surface area contributed by atoms with Gasteiger partial charge in [0.15, 0.2) is 0 Å². The molecule has 1 aliphatic heterocycles. The molecule has 1 aromatic heterocycles. The van der Waals surface area contributed by atoms with E-state index in [1.165, 1.54) is 16.6 Å². The van der Waals surface area contributed by atoms with Crippen LogP contribution in [0.4, 0.5) is 5.69 Å². The van der Waals surface area contributed by atoms with Gasteiger partial charge in [-0.2, -0.15) is 0 Å². The van der Waals surface area contributed by atoms with Gasteiger partial charge in [0.1, 0.15) is 0 Å². The average molecular weight is 302 g/mol. The monoisotopic (exact) mass is 302 g/mol. The van der Waals surface area contributed by atoms with Crippen molar-refractivity contribution < 1.29 is 14.6 Å². The number of carbonyl (C=O) groups is 1. The summed E-state index contributed by atoms with van der Waals surface area (Å²) < 4.78 is 7.61. The lowest BCUT2D eigenvalue weighted by Crippen LogP contribution is -2.36. The van der Waals surface area contributed by atoms with E-state index < -0.39 is 5.97 Å². The van der Waals surface area contributed by atoms with Crippen molar-refractivity contribution in [3.05, 3.63) is 29.5 Å². The zero-order chi connectivity index (χ0) is 15.7. The lowest BCUT2D eigenvalue weighted by molar-refractivity contribution is -0.136. The van der Waals surface area contributed by atoms with Crippen molar-refractivity contribution in [2.24, 2.45) is 7.05 Å². The lowest BCUT2D eigenvalue weighted by Gasteiger charge is -2.29. The highest BCUT2D eigenvalue weighted by Gasteiger charge is 2.20. The normalized spacial score (nSPS) is 15.5. The Kier molecular flexibility index (Phi) is 4.07. The van der Waals surface area contributed by atoms with E-state index in [1.54, 1.807) is 0 Å². The number of carboxylic acids is 1. The Labute approximate surface area is 130 Å². The summed E-state index contributed by atoms with van der Waals surface area (Å²) in [7, 11) is 2.05. The number of morpholine rings is 1. The summed E-state index contributed by atoms with van der Waals surface area (Å²) in [6.45, 7) is 5.32. The van der Waals surface area contributed by atoms with Crippen LogP contribution >= 0.6 is 0 Å². The number of ether oxygens (including phenoxy) is 1. The van der Waals surface area contributed by atoms with Crippen molar-refractivity contribution in [2.75, 3.05) is 31.2 Å². The molecule has 1 N–H and O–H groups in total. The standard InChI is InChI=1S/C17H22N2O3/c1-12-13(6-7-16(20)21)17-14(18(12)2)4-3-5-15(17)19-8-10-22-11-9-19/h3-5H,6-11H2,1-2H3,(H,20,21). The third kappa shape index (κ3) is 2.57. The maximum atomic E-state index is 11.0. The second kappa shape index (κ2) is 6.01. The smallest absolute Gasteiger partial charge is 0.303 e. The van der Waals surface area contributed by atoms with E-state index in [9.17, 15) is 4.79 Å². The molecule has 3 rings (SSSR count). The molecule has 118 valence electrons. The highest BCUT2D eigenvalue weighted by Crippen LogP contribution is 2.34. The number of hydrogen-bond acceptors (Lipinski definition) is 3. The molecule has 0 spiro atoms. The molecule has 22 heavy (non-hydrogen) atoms. The summed E-state index contributed by atoms with van der Waals surface area (Å²) >= 11 is 0. The number of nitrogens with zero attached hydrogens (tertiary/aromatic N) is 2. The molecule has 0 bridgehead atoms. The highest BCUT2D eigenvalue weighted by molar-refractivity contribution is 5.97. The van der Waals surface area contributed by atoms with Gasteiger partial charge in [-0.25, -0.2) is 0 Å². The average Bonchev–Trinajstić information content (AvgIpc) is 2.78. The maximum absolute atomic E-state index is 11.0. The predicted molar refractivity (Wildman–Crippen MR) is 86.6 cm³/mol. The molecule has 1 fully saturated rings. The molecular weight excluding hydrogens is 280 g/mol. The van der Waals surface area contributed by atoms with E-state index in [0.29, 0.717) is 6.42 Å². The molecule has 1 aliphatic rings. The first-order valence-electron chi connectivity index (χ1n) is 7.71. The third-order valence-corrected chi connectivity index (χ3v) is 4.56. The summed E-state index contributed by atoms with van der Waals surface area (Å²) in [6, 6.07) is 6.32. The van der Waals surface area contributed by atoms with Crippen LogP contribution in [0.5, 0.6) is 0 Å². The molecule has 5 heteroatoms. The number of anilines is 1. The molecule has 1 aromatic carbocycles. The Balaban J connectivity index is 2.11. The minimum absolute atomic E-state index is 0.164. The van der Waals surface area contributed by atoms with Crippen LogP contribution in [0.3, 0.4) is 0 Å². The first kappa shape index (κ1) is 14.9. The fourth-order valence-corrected chi connectivity index (χ4v) is 3.29. The van der Waals surface area contributed by atoms with Crippen LogP contribution in [-0.2, 0) is 23.0 Å². The summed E-state index contributed by atoms with van der Waals surface area (Å²) in [4.78, 5) is 13.3. The largest absolute Gasteiger partial charge is 0.481 e. The van der Waals surface area contributed by atoms with Crippen LogP contribution < -0.4 is 4.90 Å². The summed E-state index contributed by atoms with van der Waals surface area (Å²) in [5.74, 6) is -0.750. The van der Waals surface area contributed by atoms with Crippen LogP contribution in [0.1, 0.15) is 17.7 Å². The second-order valence-corrected chi connectivity index (χ2v) is 5.79. The number of aromatic nitrogens is 1. The van der Waals surface area contributed by atoms with Crippen LogP contribution in [0.2, 0.25) is 0 Å². The molecule has 1 saturated heterocycles. The molecule has 5 nitrogen and oxygen atoms in total. The second-order valence-electron chi connectivity index (χ2n) is 5.79. The minimum atomic E-state index is -0.750. The van der Waals surface area contributed by atoms with Gasteiger partial charge in [-0.1, -0.05) is 6.07 Å². The number of benzene rings is 1. The SMILES string of the molecule is Cc1c(CCC(=O)O)c2c(N3CCOCC3)cccc2n1C. The van der Waals surface area contributed by atoms with Crippen molar-refractivity contribution in [3.8, 4) is 0 Å². The number of aliphatic carboxylic acids is 1. The maximum Gasteiger partial charge on any atom is 0.303 e. The molecule has 0 unspecified atom stereocenters. The van der Waals surface area contributed by atoms with Gasteiger partial charge >= 0.3 is 5.97 Å². The zero-order valence-electron chi connectivity index (χ0n) is 13.1.